The van der Waals surface area contributed by atoms with E-state index >= 15 is 0 Å². The molecule has 10 heteroatoms. The van der Waals surface area contributed by atoms with Gasteiger partial charge in [-0.2, -0.15) is 0 Å². The molecule has 1 aromatic rings. The van der Waals surface area contributed by atoms with E-state index in [1.54, 1.807) is 24.1 Å². The summed E-state index contributed by atoms with van der Waals surface area (Å²) >= 11 is 0. The van der Waals surface area contributed by atoms with Gasteiger partial charge in [0.05, 0.1) is 37.3 Å². The van der Waals surface area contributed by atoms with Crippen LogP contribution in [0.1, 0.15) is 64.9 Å². The van der Waals surface area contributed by atoms with Crippen LogP contribution in [0.3, 0.4) is 0 Å². The molecular weight excluding hydrogens is 507 g/mol. The average molecular weight is 553 g/mol. The van der Waals surface area contributed by atoms with Crippen molar-refractivity contribution in [3.8, 4) is 0 Å². The van der Waals surface area contributed by atoms with Crippen LogP contribution >= 0.6 is 7.37 Å². The van der Waals surface area contributed by atoms with Gasteiger partial charge in [0.2, 0.25) is 19.2 Å². The topological polar surface area (TPSA) is 122 Å². The Bertz CT molecular complexity index is 958. The van der Waals surface area contributed by atoms with E-state index in [0.29, 0.717) is 18.9 Å². The first-order valence-corrected chi connectivity index (χ1v) is 15.4. The number of benzene rings is 1. The Morgan fingerprint density at radius 1 is 1.16 bits per heavy atom. The minimum atomic E-state index is -4.02. The third-order valence-corrected chi connectivity index (χ3v) is 9.56. The number of amides is 2. The second-order valence-corrected chi connectivity index (χ2v) is 12.9. The van der Waals surface area contributed by atoms with Crippen LogP contribution in [0.2, 0.25) is 0 Å². The number of hydrogen-bond donors (Lipinski definition) is 2. The lowest BCUT2D eigenvalue weighted by atomic mass is 9.98. The van der Waals surface area contributed by atoms with Crippen LogP contribution in [0, 0.1) is 5.92 Å². The second-order valence-electron chi connectivity index (χ2n) is 10.5. The maximum absolute atomic E-state index is 13.2. The van der Waals surface area contributed by atoms with Gasteiger partial charge in [-0.1, -0.05) is 50.6 Å². The molecule has 0 spiro atoms. The molecular formula is C28H45N2O7P. The first kappa shape index (κ1) is 32.2. The zero-order chi connectivity index (χ0) is 28.3. The molecule has 214 valence electrons. The van der Waals surface area contributed by atoms with Crippen molar-refractivity contribution in [1.29, 1.82) is 0 Å². The molecule has 2 rings (SSSR count). The lowest BCUT2D eigenvalue weighted by Crippen LogP contribution is -2.47. The molecule has 9 nitrogen and oxygen atoms in total. The molecule has 1 unspecified atom stereocenters. The summed E-state index contributed by atoms with van der Waals surface area (Å²) in [6.07, 6.45) is 2.40. The highest BCUT2D eigenvalue weighted by atomic mass is 31.2. The zero-order valence-electron chi connectivity index (χ0n) is 23.4. The number of nitrogens with zero attached hydrogens (tertiary/aromatic N) is 1. The molecule has 38 heavy (non-hydrogen) atoms. The van der Waals surface area contributed by atoms with Gasteiger partial charge in [0.15, 0.2) is 0 Å². The fourth-order valence-electron chi connectivity index (χ4n) is 5.04. The van der Waals surface area contributed by atoms with Gasteiger partial charge in [-0.25, -0.2) is 0 Å². The van der Waals surface area contributed by atoms with Gasteiger partial charge in [-0.05, 0) is 37.7 Å². The number of likely N-dealkylation sites (tertiary alicyclic amines) is 1. The molecule has 0 aliphatic carbocycles. The van der Waals surface area contributed by atoms with Gasteiger partial charge in [-0.3, -0.25) is 18.9 Å². The minimum Gasteiger partial charge on any atom is -0.381 e. The number of ether oxygens (including phenoxy) is 2. The molecule has 1 heterocycles. The monoisotopic (exact) mass is 552 g/mol. The van der Waals surface area contributed by atoms with E-state index in [1.165, 1.54) is 14.0 Å². The Morgan fingerprint density at radius 3 is 2.42 bits per heavy atom. The standard InChI is InChI=1S/C28H45N2O7P/c1-6-20(2)15-23(36-4)17-28(33)30-14-10-13-24(30)25(37-5)18-26(32)29-27(38(34,35)19-21(3)31)16-22-11-8-7-9-12-22/h7-9,11-12,20,23-25,27H,6,10,13-19H2,1-5H3,(H,29,32)(H,34,35)/t20-,23-,24-,25+,27+/m0/s1. The molecule has 0 saturated carbocycles. The summed E-state index contributed by atoms with van der Waals surface area (Å²) in [4.78, 5) is 50.5. The average Bonchev–Trinajstić information content (AvgIpc) is 3.36. The van der Waals surface area contributed by atoms with E-state index in [4.69, 9.17) is 9.47 Å². The van der Waals surface area contributed by atoms with E-state index in [9.17, 15) is 23.8 Å². The van der Waals surface area contributed by atoms with Gasteiger partial charge in [0.25, 0.3) is 0 Å². The summed E-state index contributed by atoms with van der Waals surface area (Å²) in [6.45, 7) is 6.10. The molecule has 0 bridgehead atoms. The van der Waals surface area contributed by atoms with Crippen LogP contribution in [0.15, 0.2) is 30.3 Å². The Kier molecular flexibility index (Phi) is 13.1. The highest BCUT2D eigenvalue weighted by Crippen LogP contribution is 2.46. The molecule has 1 saturated heterocycles. The van der Waals surface area contributed by atoms with E-state index < -0.39 is 37.1 Å². The molecule has 0 radical (unpaired) electrons. The molecule has 2 amide bonds. The lowest BCUT2D eigenvalue weighted by Gasteiger charge is -2.32. The van der Waals surface area contributed by atoms with Crippen LogP contribution in [0.25, 0.3) is 0 Å². The largest absolute Gasteiger partial charge is 0.381 e. The van der Waals surface area contributed by atoms with Crippen molar-refractivity contribution in [2.24, 2.45) is 5.92 Å². The Morgan fingerprint density at radius 2 is 1.84 bits per heavy atom. The number of nitrogens with one attached hydrogen (secondary N) is 1. The number of carbonyl (C=O) groups is 3. The summed E-state index contributed by atoms with van der Waals surface area (Å²) < 4.78 is 24.3. The summed E-state index contributed by atoms with van der Waals surface area (Å²) in [5.41, 5.74) is 0.775. The first-order chi connectivity index (χ1) is 18.0. The number of rotatable bonds is 16. The number of methoxy groups -OCH3 is 2. The lowest BCUT2D eigenvalue weighted by molar-refractivity contribution is -0.139. The fraction of sp³-hybridized carbons (Fsp3) is 0.679. The molecule has 2 N–H and O–H groups in total. The van der Waals surface area contributed by atoms with Gasteiger partial charge in [-0.15, -0.1) is 0 Å². The molecule has 1 fully saturated rings. The molecule has 0 aromatic heterocycles. The number of carbonyl (C=O) groups excluding carboxylic acids is 3. The number of Topliss-reactive ketones (excluding diaryl/α,β-unsaturated/α-hetero) is 1. The van der Waals surface area contributed by atoms with Gasteiger partial charge in [0, 0.05) is 27.2 Å². The summed E-state index contributed by atoms with van der Waals surface area (Å²) in [5.74, 6) is -1.55. The third kappa shape index (κ3) is 9.92. The summed E-state index contributed by atoms with van der Waals surface area (Å²) in [5, 5.41) is 2.71. The van der Waals surface area contributed by atoms with Crippen molar-refractivity contribution < 1.29 is 33.3 Å². The highest BCUT2D eigenvalue weighted by molar-refractivity contribution is 7.59. The van der Waals surface area contributed by atoms with Crippen molar-refractivity contribution in [3.05, 3.63) is 35.9 Å². The SMILES string of the molecule is CC[C@H](C)C[C@@H](CC(=O)N1CCC[C@H]1[C@@H](CC(=O)N[C@@H](Cc1ccccc1)P(=O)(O)CC(C)=O)OC)OC. The summed E-state index contributed by atoms with van der Waals surface area (Å²) in [6, 6.07) is 8.80. The Labute approximate surface area is 227 Å². The van der Waals surface area contributed by atoms with E-state index in [1.807, 2.05) is 18.2 Å². The van der Waals surface area contributed by atoms with Crippen LogP contribution in [0.5, 0.6) is 0 Å². The predicted octanol–water partition coefficient (Wildman–Crippen LogP) is 3.77. The first-order valence-electron chi connectivity index (χ1n) is 13.5. The van der Waals surface area contributed by atoms with Crippen LogP contribution in [-0.4, -0.2) is 78.3 Å². The third-order valence-electron chi connectivity index (χ3n) is 7.37. The van der Waals surface area contributed by atoms with Crippen LogP contribution in [0.4, 0.5) is 0 Å². The van der Waals surface area contributed by atoms with E-state index in [0.717, 1.165) is 24.8 Å². The Balaban J connectivity index is 2.10. The highest BCUT2D eigenvalue weighted by Gasteiger charge is 2.38. The van der Waals surface area contributed by atoms with Crippen molar-refractivity contribution in [1.82, 2.24) is 10.2 Å². The molecule has 1 aromatic carbocycles. The predicted molar refractivity (Wildman–Crippen MR) is 147 cm³/mol. The number of ketones is 1. The zero-order valence-corrected chi connectivity index (χ0v) is 24.3. The van der Waals surface area contributed by atoms with Crippen molar-refractivity contribution >= 4 is 25.0 Å². The van der Waals surface area contributed by atoms with E-state index in [-0.39, 0.29) is 37.3 Å². The number of hydrogen-bond acceptors (Lipinski definition) is 6. The van der Waals surface area contributed by atoms with Gasteiger partial charge >= 0.3 is 0 Å². The second kappa shape index (κ2) is 15.5. The fourth-order valence-corrected chi connectivity index (χ4v) is 6.74. The Hall–Kier alpha value is -2.06. The van der Waals surface area contributed by atoms with Crippen LogP contribution < -0.4 is 5.32 Å². The van der Waals surface area contributed by atoms with Gasteiger partial charge in [0.1, 0.15) is 11.6 Å². The minimum absolute atomic E-state index is 0.0200. The van der Waals surface area contributed by atoms with Crippen molar-refractivity contribution in [3.63, 3.8) is 0 Å². The van der Waals surface area contributed by atoms with Gasteiger partial charge < -0.3 is 24.6 Å². The smallest absolute Gasteiger partial charge is 0.229 e. The maximum atomic E-state index is 13.2. The molecule has 1 aliphatic rings. The van der Waals surface area contributed by atoms with Crippen molar-refractivity contribution in [2.45, 2.75) is 89.7 Å². The summed E-state index contributed by atoms with van der Waals surface area (Å²) in [7, 11) is -0.883. The maximum Gasteiger partial charge on any atom is 0.229 e. The quantitative estimate of drug-likeness (QED) is 0.299. The normalized spacial score (nSPS) is 20.3. The van der Waals surface area contributed by atoms with E-state index in [2.05, 4.69) is 19.2 Å². The molecule has 1 aliphatic heterocycles. The van der Waals surface area contributed by atoms with Crippen molar-refractivity contribution in [2.75, 3.05) is 26.9 Å². The molecule has 6 atom stereocenters. The van der Waals surface area contributed by atoms with Crippen LogP contribution in [-0.2, 0) is 34.8 Å².